The SMILES string of the molecule is COc1ccc(/C=C/C(=O)Nc2nnc(C3CC(=O)N(c4ccc(Cl)cc4)C3)s2)cc1. The number of amides is 2. The van der Waals surface area contributed by atoms with E-state index >= 15 is 0 Å². The minimum Gasteiger partial charge on any atom is -0.497 e. The Balaban J connectivity index is 1.36. The van der Waals surface area contributed by atoms with Crippen molar-refractivity contribution in [3.05, 3.63) is 70.2 Å². The van der Waals surface area contributed by atoms with Gasteiger partial charge in [-0.25, -0.2) is 0 Å². The van der Waals surface area contributed by atoms with Gasteiger partial charge < -0.3 is 9.64 Å². The molecule has 1 atom stereocenters. The van der Waals surface area contributed by atoms with Crippen molar-refractivity contribution in [1.29, 1.82) is 0 Å². The number of hydrogen-bond acceptors (Lipinski definition) is 6. The van der Waals surface area contributed by atoms with E-state index in [2.05, 4.69) is 15.5 Å². The van der Waals surface area contributed by atoms with E-state index in [1.165, 1.54) is 17.4 Å². The first-order valence-electron chi connectivity index (χ1n) is 9.54. The molecule has 1 fully saturated rings. The summed E-state index contributed by atoms with van der Waals surface area (Å²) in [6.07, 6.45) is 3.49. The summed E-state index contributed by atoms with van der Waals surface area (Å²) < 4.78 is 5.11. The fourth-order valence-electron chi connectivity index (χ4n) is 3.23. The molecule has 0 radical (unpaired) electrons. The minimum absolute atomic E-state index is 0.0236. The Labute approximate surface area is 188 Å². The molecule has 0 aliphatic carbocycles. The molecular weight excluding hydrogens is 436 g/mol. The largest absolute Gasteiger partial charge is 0.497 e. The summed E-state index contributed by atoms with van der Waals surface area (Å²) in [5, 5.41) is 12.7. The van der Waals surface area contributed by atoms with Crippen molar-refractivity contribution in [3.63, 3.8) is 0 Å². The number of carbonyl (C=O) groups is 2. The summed E-state index contributed by atoms with van der Waals surface area (Å²) in [5.74, 6) is 0.406. The van der Waals surface area contributed by atoms with Crippen LogP contribution in [-0.2, 0) is 9.59 Å². The second-order valence-electron chi connectivity index (χ2n) is 6.92. The lowest BCUT2D eigenvalue weighted by atomic mass is 10.1. The number of nitrogens with zero attached hydrogens (tertiary/aromatic N) is 3. The van der Waals surface area contributed by atoms with E-state index < -0.39 is 0 Å². The number of benzene rings is 2. The molecule has 9 heteroatoms. The first-order valence-corrected chi connectivity index (χ1v) is 10.7. The lowest BCUT2D eigenvalue weighted by molar-refractivity contribution is -0.117. The molecule has 1 unspecified atom stereocenters. The minimum atomic E-state index is -0.302. The van der Waals surface area contributed by atoms with Gasteiger partial charge in [0.2, 0.25) is 16.9 Å². The van der Waals surface area contributed by atoms with Crippen LogP contribution in [0.3, 0.4) is 0 Å². The van der Waals surface area contributed by atoms with Gasteiger partial charge in [-0.05, 0) is 48.0 Å². The van der Waals surface area contributed by atoms with Crippen molar-refractivity contribution < 1.29 is 14.3 Å². The molecule has 3 aromatic rings. The average molecular weight is 455 g/mol. The molecule has 4 rings (SSSR count). The Hall–Kier alpha value is -3.23. The van der Waals surface area contributed by atoms with Crippen LogP contribution in [0.15, 0.2) is 54.6 Å². The summed E-state index contributed by atoms with van der Waals surface area (Å²) in [4.78, 5) is 26.4. The molecule has 2 aromatic carbocycles. The summed E-state index contributed by atoms with van der Waals surface area (Å²) in [7, 11) is 1.60. The number of rotatable bonds is 6. The molecule has 1 aliphatic heterocycles. The van der Waals surface area contributed by atoms with Crippen molar-refractivity contribution in [1.82, 2.24) is 10.2 Å². The average Bonchev–Trinajstić information content (AvgIpc) is 3.40. The monoisotopic (exact) mass is 454 g/mol. The normalized spacial score (nSPS) is 16.1. The summed E-state index contributed by atoms with van der Waals surface area (Å²) in [6.45, 7) is 0.514. The standard InChI is InChI=1S/C22H19ClN4O3S/c1-30-18-9-2-14(3-10-18)4-11-19(28)24-22-26-25-21(31-22)15-12-20(29)27(13-15)17-7-5-16(23)6-8-17/h2-11,15H,12-13H2,1H3,(H,24,26,28)/b11-4+. The Kier molecular flexibility index (Phi) is 6.29. The molecule has 31 heavy (non-hydrogen) atoms. The van der Waals surface area contributed by atoms with Crippen LogP contribution in [0.1, 0.15) is 22.9 Å². The van der Waals surface area contributed by atoms with Crippen LogP contribution in [0.5, 0.6) is 5.75 Å². The molecule has 158 valence electrons. The van der Waals surface area contributed by atoms with E-state index in [0.29, 0.717) is 23.1 Å². The van der Waals surface area contributed by atoms with Gasteiger partial charge in [-0.2, -0.15) is 0 Å². The molecule has 0 spiro atoms. The predicted molar refractivity (Wildman–Crippen MR) is 122 cm³/mol. The second-order valence-corrected chi connectivity index (χ2v) is 8.37. The third kappa shape index (κ3) is 5.10. The molecule has 2 amide bonds. The molecule has 1 aromatic heterocycles. The van der Waals surface area contributed by atoms with E-state index in [9.17, 15) is 9.59 Å². The van der Waals surface area contributed by atoms with Crippen molar-refractivity contribution >= 4 is 51.6 Å². The van der Waals surface area contributed by atoms with Crippen LogP contribution >= 0.6 is 22.9 Å². The van der Waals surface area contributed by atoms with Crippen LogP contribution in [-0.4, -0.2) is 35.7 Å². The van der Waals surface area contributed by atoms with Crippen molar-refractivity contribution in [2.45, 2.75) is 12.3 Å². The number of halogens is 1. The molecule has 1 aliphatic rings. The second kappa shape index (κ2) is 9.28. The third-order valence-electron chi connectivity index (χ3n) is 4.83. The first-order chi connectivity index (χ1) is 15.0. The molecule has 0 bridgehead atoms. The van der Waals surface area contributed by atoms with Crippen LogP contribution in [0.2, 0.25) is 5.02 Å². The summed E-state index contributed by atoms with van der Waals surface area (Å²) >= 11 is 7.21. The maximum absolute atomic E-state index is 12.5. The van der Waals surface area contributed by atoms with Crippen LogP contribution in [0.4, 0.5) is 10.8 Å². The van der Waals surface area contributed by atoms with Gasteiger partial charge in [-0.1, -0.05) is 35.1 Å². The van der Waals surface area contributed by atoms with Gasteiger partial charge in [0.15, 0.2) is 0 Å². The molecular formula is C22H19ClN4O3S. The highest BCUT2D eigenvalue weighted by molar-refractivity contribution is 7.15. The van der Waals surface area contributed by atoms with Gasteiger partial charge in [-0.15, -0.1) is 10.2 Å². The Bertz CT molecular complexity index is 1110. The first kappa shape index (κ1) is 21.0. The fourth-order valence-corrected chi connectivity index (χ4v) is 4.19. The van der Waals surface area contributed by atoms with Gasteiger partial charge in [0, 0.05) is 35.7 Å². The molecule has 7 nitrogen and oxygen atoms in total. The van der Waals surface area contributed by atoms with Gasteiger partial charge in [0.25, 0.3) is 0 Å². The third-order valence-corrected chi connectivity index (χ3v) is 6.08. The van der Waals surface area contributed by atoms with E-state index in [4.69, 9.17) is 16.3 Å². The lowest BCUT2D eigenvalue weighted by Gasteiger charge is -2.16. The molecule has 2 heterocycles. The zero-order valence-electron chi connectivity index (χ0n) is 16.6. The van der Waals surface area contributed by atoms with Crippen molar-refractivity contribution in [3.8, 4) is 5.75 Å². The van der Waals surface area contributed by atoms with E-state index in [0.717, 1.165) is 22.0 Å². The quantitative estimate of drug-likeness (QED) is 0.559. The Morgan fingerprint density at radius 2 is 1.94 bits per heavy atom. The van der Waals surface area contributed by atoms with Crippen molar-refractivity contribution in [2.75, 3.05) is 23.9 Å². The molecule has 1 saturated heterocycles. The van der Waals surface area contributed by atoms with Gasteiger partial charge in [-0.3, -0.25) is 14.9 Å². The van der Waals surface area contributed by atoms with Crippen LogP contribution < -0.4 is 15.0 Å². The van der Waals surface area contributed by atoms with Gasteiger partial charge in [0.05, 0.1) is 7.11 Å². The predicted octanol–water partition coefficient (Wildman–Crippen LogP) is 4.37. The number of hydrogen-bond donors (Lipinski definition) is 1. The van der Waals surface area contributed by atoms with Crippen molar-refractivity contribution in [2.24, 2.45) is 0 Å². The van der Waals surface area contributed by atoms with E-state index in [1.54, 1.807) is 30.2 Å². The molecule has 0 saturated carbocycles. The zero-order chi connectivity index (χ0) is 21.8. The maximum Gasteiger partial charge on any atom is 0.250 e. The summed E-state index contributed by atoms with van der Waals surface area (Å²) in [6, 6.07) is 14.5. The number of nitrogens with one attached hydrogen (secondary N) is 1. The smallest absolute Gasteiger partial charge is 0.250 e. The highest BCUT2D eigenvalue weighted by Crippen LogP contribution is 2.34. The Morgan fingerprint density at radius 1 is 1.19 bits per heavy atom. The Morgan fingerprint density at radius 3 is 2.65 bits per heavy atom. The van der Waals surface area contributed by atoms with Crippen LogP contribution in [0.25, 0.3) is 6.08 Å². The van der Waals surface area contributed by atoms with E-state index in [1.807, 2.05) is 36.4 Å². The number of anilines is 2. The highest BCUT2D eigenvalue weighted by Gasteiger charge is 2.33. The molecule has 1 N–H and O–H groups in total. The summed E-state index contributed by atoms with van der Waals surface area (Å²) in [5.41, 5.74) is 1.68. The fraction of sp³-hybridized carbons (Fsp3) is 0.182. The van der Waals surface area contributed by atoms with Crippen LogP contribution in [0, 0.1) is 0 Å². The maximum atomic E-state index is 12.5. The number of carbonyl (C=O) groups excluding carboxylic acids is 2. The van der Waals surface area contributed by atoms with E-state index in [-0.39, 0.29) is 17.7 Å². The van der Waals surface area contributed by atoms with Gasteiger partial charge in [0.1, 0.15) is 10.8 Å². The van der Waals surface area contributed by atoms with Gasteiger partial charge >= 0.3 is 0 Å². The number of aromatic nitrogens is 2. The number of methoxy groups -OCH3 is 1. The zero-order valence-corrected chi connectivity index (χ0v) is 18.2. The highest BCUT2D eigenvalue weighted by atomic mass is 35.5. The topological polar surface area (TPSA) is 84.4 Å². The lowest BCUT2D eigenvalue weighted by Crippen LogP contribution is -2.24. The number of ether oxygens (including phenoxy) is 1.